The summed E-state index contributed by atoms with van der Waals surface area (Å²) in [5, 5.41) is 9.50. The zero-order valence-corrected chi connectivity index (χ0v) is 15.1. The van der Waals surface area contributed by atoms with Crippen molar-refractivity contribution in [2.45, 2.75) is 0 Å². The van der Waals surface area contributed by atoms with E-state index >= 15 is 0 Å². The fourth-order valence-electron chi connectivity index (χ4n) is 2.80. The molecule has 0 unspecified atom stereocenters. The van der Waals surface area contributed by atoms with E-state index in [1.54, 1.807) is 28.9 Å². The van der Waals surface area contributed by atoms with E-state index in [-0.39, 0.29) is 5.69 Å². The van der Waals surface area contributed by atoms with E-state index < -0.39 is 17.7 Å². The normalized spacial score (nSPS) is 10.6. The number of urea groups is 1. The largest absolute Gasteiger partial charge is 0.323 e. The van der Waals surface area contributed by atoms with Crippen molar-refractivity contribution in [2.24, 2.45) is 0 Å². The second kappa shape index (κ2) is 7.93. The SMILES string of the molecule is O=C(Nc1ccc(-n2ccc(-c3ccccc3)n2)cc1)Nc1ccc(F)cc1F. The minimum atomic E-state index is -0.844. The molecule has 2 amide bonds. The van der Waals surface area contributed by atoms with Crippen LogP contribution in [0.2, 0.25) is 0 Å². The zero-order valence-electron chi connectivity index (χ0n) is 15.1. The summed E-state index contributed by atoms with van der Waals surface area (Å²) in [5.74, 6) is -1.55. The van der Waals surface area contributed by atoms with Crippen molar-refractivity contribution in [2.75, 3.05) is 10.6 Å². The summed E-state index contributed by atoms with van der Waals surface area (Å²) < 4.78 is 28.3. The molecule has 29 heavy (non-hydrogen) atoms. The number of anilines is 2. The summed E-state index contributed by atoms with van der Waals surface area (Å²) in [4.78, 5) is 12.0. The zero-order chi connectivity index (χ0) is 20.2. The molecule has 0 radical (unpaired) electrons. The molecule has 0 saturated heterocycles. The molecule has 0 saturated carbocycles. The first kappa shape index (κ1) is 18.4. The lowest BCUT2D eigenvalue weighted by Crippen LogP contribution is -2.20. The number of rotatable bonds is 4. The summed E-state index contributed by atoms with van der Waals surface area (Å²) in [5.41, 5.74) is 3.11. The minimum Gasteiger partial charge on any atom is -0.308 e. The van der Waals surface area contributed by atoms with Crippen LogP contribution >= 0.6 is 0 Å². The third kappa shape index (κ3) is 4.30. The third-order valence-electron chi connectivity index (χ3n) is 4.23. The first-order valence-corrected chi connectivity index (χ1v) is 8.83. The quantitative estimate of drug-likeness (QED) is 0.486. The predicted octanol–water partition coefficient (Wildman–Crippen LogP) is 5.46. The van der Waals surface area contributed by atoms with E-state index in [1.165, 1.54) is 0 Å². The molecule has 0 atom stereocenters. The second-order valence-electron chi connectivity index (χ2n) is 6.26. The number of hydrogen-bond donors (Lipinski definition) is 2. The number of hydrogen-bond acceptors (Lipinski definition) is 2. The first-order valence-electron chi connectivity index (χ1n) is 8.83. The van der Waals surface area contributed by atoms with Gasteiger partial charge < -0.3 is 10.6 Å². The molecule has 4 aromatic rings. The standard InChI is InChI=1S/C22H16F2N4O/c23-16-6-11-21(19(24)14-16)26-22(29)25-17-7-9-18(10-8-17)28-13-12-20(27-28)15-4-2-1-3-5-15/h1-14H,(H2,25,26,29). The van der Waals surface area contributed by atoms with Gasteiger partial charge in [0.15, 0.2) is 0 Å². The molecule has 1 heterocycles. The van der Waals surface area contributed by atoms with Gasteiger partial charge in [-0.25, -0.2) is 18.3 Å². The van der Waals surface area contributed by atoms with Gasteiger partial charge in [-0.3, -0.25) is 0 Å². The number of nitrogens with one attached hydrogen (secondary N) is 2. The summed E-state index contributed by atoms with van der Waals surface area (Å²) in [6, 6.07) is 21.1. The van der Waals surface area contributed by atoms with Crippen LogP contribution in [-0.4, -0.2) is 15.8 Å². The Labute approximate surface area is 165 Å². The summed E-state index contributed by atoms with van der Waals surface area (Å²) >= 11 is 0. The van der Waals surface area contributed by atoms with Gasteiger partial charge >= 0.3 is 6.03 Å². The van der Waals surface area contributed by atoms with Crippen LogP contribution in [0.5, 0.6) is 0 Å². The number of carbonyl (C=O) groups excluding carboxylic acids is 1. The van der Waals surface area contributed by atoms with Gasteiger partial charge in [-0.2, -0.15) is 5.10 Å². The Balaban J connectivity index is 1.43. The Bertz CT molecular complexity index is 1140. The molecule has 0 fully saturated rings. The van der Waals surface area contributed by atoms with Crippen LogP contribution < -0.4 is 10.6 Å². The van der Waals surface area contributed by atoms with Gasteiger partial charge in [0.1, 0.15) is 11.6 Å². The van der Waals surface area contributed by atoms with Crippen molar-refractivity contribution < 1.29 is 13.6 Å². The van der Waals surface area contributed by atoms with Crippen molar-refractivity contribution in [1.29, 1.82) is 0 Å². The van der Waals surface area contributed by atoms with E-state index in [4.69, 9.17) is 0 Å². The minimum absolute atomic E-state index is 0.106. The van der Waals surface area contributed by atoms with Gasteiger partial charge in [-0.15, -0.1) is 0 Å². The molecule has 0 aliphatic rings. The number of carbonyl (C=O) groups is 1. The van der Waals surface area contributed by atoms with Crippen LogP contribution in [0.4, 0.5) is 25.0 Å². The van der Waals surface area contributed by atoms with Crippen LogP contribution in [0.15, 0.2) is 85.1 Å². The van der Waals surface area contributed by atoms with Gasteiger partial charge in [-0.05, 0) is 42.5 Å². The molecular weight excluding hydrogens is 374 g/mol. The van der Waals surface area contributed by atoms with Crippen molar-refractivity contribution in [3.63, 3.8) is 0 Å². The highest BCUT2D eigenvalue weighted by Gasteiger charge is 2.09. The lowest BCUT2D eigenvalue weighted by molar-refractivity contribution is 0.262. The van der Waals surface area contributed by atoms with Crippen molar-refractivity contribution in [3.05, 3.63) is 96.7 Å². The lowest BCUT2D eigenvalue weighted by atomic mass is 10.2. The molecule has 4 rings (SSSR count). The van der Waals surface area contributed by atoms with Gasteiger partial charge in [0.2, 0.25) is 0 Å². The highest BCUT2D eigenvalue weighted by atomic mass is 19.1. The van der Waals surface area contributed by atoms with E-state index in [2.05, 4.69) is 15.7 Å². The molecule has 0 aliphatic heterocycles. The van der Waals surface area contributed by atoms with Gasteiger partial charge in [-0.1, -0.05) is 30.3 Å². The molecule has 7 heteroatoms. The van der Waals surface area contributed by atoms with Crippen LogP contribution in [0.25, 0.3) is 16.9 Å². The fraction of sp³-hybridized carbons (Fsp3) is 0. The molecule has 144 valence electrons. The average Bonchev–Trinajstić information content (AvgIpc) is 3.22. The van der Waals surface area contributed by atoms with Crippen LogP contribution in [0, 0.1) is 11.6 Å². The maximum atomic E-state index is 13.6. The Morgan fingerprint density at radius 3 is 2.34 bits per heavy atom. The summed E-state index contributed by atoms with van der Waals surface area (Å²) in [7, 11) is 0. The number of amides is 2. The smallest absolute Gasteiger partial charge is 0.308 e. The summed E-state index contributed by atoms with van der Waals surface area (Å²) in [6.45, 7) is 0. The molecule has 3 aromatic carbocycles. The topological polar surface area (TPSA) is 59.0 Å². The predicted molar refractivity (Wildman–Crippen MR) is 108 cm³/mol. The monoisotopic (exact) mass is 390 g/mol. The summed E-state index contributed by atoms with van der Waals surface area (Å²) in [6.07, 6.45) is 1.86. The van der Waals surface area contributed by atoms with E-state index in [1.807, 2.05) is 42.6 Å². The van der Waals surface area contributed by atoms with E-state index in [0.717, 1.165) is 29.1 Å². The Morgan fingerprint density at radius 1 is 0.862 bits per heavy atom. The molecule has 5 nitrogen and oxygen atoms in total. The number of aromatic nitrogens is 2. The maximum absolute atomic E-state index is 13.6. The van der Waals surface area contributed by atoms with Gasteiger partial charge in [0.25, 0.3) is 0 Å². The molecular formula is C22H16F2N4O. The number of halogens is 2. The van der Waals surface area contributed by atoms with Gasteiger partial charge in [0.05, 0.1) is 17.1 Å². The lowest BCUT2D eigenvalue weighted by Gasteiger charge is -2.09. The van der Waals surface area contributed by atoms with E-state index in [0.29, 0.717) is 11.8 Å². The number of benzene rings is 3. The second-order valence-corrected chi connectivity index (χ2v) is 6.26. The maximum Gasteiger partial charge on any atom is 0.323 e. The van der Waals surface area contributed by atoms with Gasteiger partial charge in [0, 0.05) is 23.5 Å². The molecule has 0 aliphatic carbocycles. The van der Waals surface area contributed by atoms with Crippen LogP contribution in [-0.2, 0) is 0 Å². The van der Waals surface area contributed by atoms with Crippen molar-refractivity contribution in [1.82, 2.24) is 9.78 Å². The Kier molecular flexibility index (Phi) is 5.03. The molecule has 1 aromatic heterocycles. The first-order chi connectivity index (χ1) is 14.1. The van der Waals surface area contributed by atoms with Crippen LogP contribution in [0.3, 0.4) is 0 Å². The third-order valence-corrected chi connectivity index (χ3v) is 4.23. The fourth-order valence-corrected chi connectivity index (χ4v) is 2.80. The highest BCUT2D eigenvalue weighted by molar-refractivity contribution is 5.99. The number of nitrogens with zero attached hydrogens (tertiary/aromatic N) is 2. The van der Waals surface area contributed by atoms with Crippen molar-refractivity contribution >= 4 is 17.4 Å². The molecule has 0 spiro atoms. The Hall–Kier alpha value is -4.00. The molecule has 2 N–H and O–H groups in total. The van der Waals surface area contributed by atoms with Crippen molar-refractivity contribution in [3.8, 4) is 16.9 Å². The average molecular weight is 390 g/mol. The van der Waals surface area contributed by atoms with Crippen LogP contribution in [0.1, 0.15) is 0 Å². The van der Waals surface area contributed by atoms with E-state index in [9.17, 15) is 13.6 Å². The highest BCUT2D eigenvalue weighted by Crippen LogP contribution is 2.20. The Morgan fingerprint density at radius 2 is 1.62 bits per heavy atom. The molecule has 0 bridgehead atoms.